The molecule has 1 aromatic carbocycles. The molecule has 0 bridgehead atoms. The van der Waals surface area contributed by atoms with Gasteiger partial charge in [0.1, 0.15) is 11.5 Å². The number of hydrogen-bond donors (Lipinski definition) is 0. The maximum atomic E-state index is 11.7. The molecule has 0 aliphatic heterocycles. The van der Waals surface area contributed by atoms with E-state index in [2.05, 4.69) is 20.8 Å². The van der Waals surface area contributed by atoms with Gasteiger partial charge >= 0.3 is 0 Å². The van der Waals surface area contributed by atoms with E-state index in [1.165, 1.54) is 38.5 Å². The molecule has 0 aromatic heterocycles. The Morgan fingerprint density at radius 3 is 2.21 bits per heavy atom. The predicted octanol–water partition coefficient (Wildman–Crippen LogP) is 6.05. The van der Waals surface area contributed by atoms with Crippen LogP contribution >= 0.6 is 0 Å². The summed E-state index contributed by atoms with van der Waals surface area (Å²) in [7, 11) is 1.62. The highest BCUT2D eigenvalue weighted by Crippen LogP contribution is 2.26. The fourth-order valence-corrected chi connectivity index (χ4v) is 2.69. The minimum atomic E-state index is 0.0199. The molecular formula is C21H34O3. The second-order valence-corrected chi connectivity index (χ2v) is 7.70. The van der Waals surface area contributed by atoms with Crippen LogP contribution in [0.1, 0.15) is 83.0 Å². The highest BCUT2D eigenvalue weighted by atomic mass is 16.5. The molecule has 0 aliphatic carbocycles. The van der Waals surface area contributed by atoms with Gasteiger partial charge in [-0.25, -0.2) is 0 Å². The number of Topliss-reactive ketones (excluding diaryl/α,β-unsaturated/α-hetero) is 1. The summed E-state index contributed by atoms with van der Waals surface area (Å²) in [5, 5.41) is 0. The van der Waals surface area contributed by atoms with Gasteiger partial charge in [0.2, 0.25) is 0 Å². The lowest BCUT2D eigenvalue weighted by atomic mass is 9.89. The molecule has 1 aromatic rings. The second-order valence-electron chi connectivity index (χ2n) is 7.70. The zero-order valence-electron chi connectivity index (χ0n) is 16.1. The van der Waals surface area contributed by atoms with Crippen LogP contribution in [0.5, 0.6) is 11.5 Å². The molecule has 24 heavy (non-hydrogen) atoms. The first-order valence-electron chi connectivity index (χ1n) is 9.15. The van der Waals surface area contributed by atoms with Crippen LogP contribution in [-0.4, -0.2) is 19.5 Å². The summed E-state index contributed by atoms with van der Waals surface area (Å²) in [6, 6.07) is 5.36. The van der Waals surface area contributed by atoms with Crippen molar-refractivity contribution in [1.29, 1.82) is 0 Å². The van der Waals surface area contributed by atoms with Gasteiger partial charge in [0.05, 0.1) is 19.3 Å². The van der Waals surface area contributed by atoms with Gasteiger partial charge in [-0.2, -0.15) is 0 Å². The molecule has 0 saturated heterocycles. The fraction of sp³-hybridized carbons (Fsp3) is 0.667. The van der Waals surface area contributed by atoms with Gasteiger partial charge in [-0.1, -0.05) is 52.9 Å². The second kappa shape index (κ2) is 10.4. The number of methoxy groups -OCH3 is 1. The van der Waals surface area contributed by atoms with Crippen LogP contribution < -0.4 is 9.47 Å². The van der Waals surface area contributed by atoms with E-state index in [-0.39, 0.29) is 5.78 Å². The van der Waals surface area contributed by atoms with Crippen LogP contribution in [0.4, 0.5) is 0 Å². The first kappa shape index (κ1) is 20.5. The topological polar surface area (TPSA) is 35.5 Å². The van der Waals surface area contributed by atoms with Gasteiger partial charge < -0.3 is 9.47 Å². The Balaban J connectivity index is 2.22. The van der Waals surface area contributed by atoms with E-state index < -0.39 is 0 Å². The summed E-state index contributed by atoms with van der Waals surface area (Å²) < 4.78 is 11.0. The average molecular weight is 334 g/mol. The minimum absolute atomic E-state index is 0.0199. The van der Waals surface area contributed by atoms with Crippen LogP contribution in [0.15, 0.2) is 18.2 Å². The van der Waals surface area contributed by atoms with Crippen molar-refractivity contribution in [2.24, 2.45) is 5.41 Å². The van der Waals surface area contributed by atoms with Crippen molar-refractivity contribution >= 4 is 5.78 Å². The molecule has 0 N–H and O–H groups in total. The van der Waals surface area contributed by atoms with Crippen molar-refractivity contribution in [2.75, 3.05) is 13.7 Å². The van der Waals surface area contributed by atoms with Crippen molar-refractivity contribution in [1.82, 2.24) is 0 Å². The van der Waals surface area contributed by atoms with Crippen LogP contribution in [0.2, 0.25) is 0 Å². The maximum Gasteiger partial charge on any atom is 0.163 e. The summed E-state index contributed by atoms with van der Waals surface area (Å²) in [5.41, 5.74) is 1.08. The molecule has 3 heteroatoms. The number of ketones is 1. The molecule has 0 saturated carbocycles. The van der Waals surface area contributed by atoms with Crippen LogP contribution in [-0.2, 0) is 0 Å². The van der Waals surface area contributed by atoms with Gasteiger partial charge in [0.25, 0.3) is 0 Å². The van der Waals surface area contributed by atoms with Crippen molar-refractivity contribution in [3.05, 3.63) is 23.8 Å². The summed E-state index contributed by atoms with van der Waals surface area (Å²) >= 11 is 0. The highest BCUT2D eigenvalue weighted by molar-refractivity contribution is 5.97. The third-order valence-corrected chi connectivity index (χ3v) is 4.15. The summed E-state index contributed by atoms with van der Waals surface area (Å²) in [6.07, 6.45) is 8.70. The lowest BCUT2D eigenvalue weighted by Gasteiger charge is -2.17. The molecule has 0 radical (unpaired) electrons. The van der Waals surface area contributed by atoms with E-state index in [9.17, 15) is 4.79 Å². The molecule has 136 valence electrons. The molecule has 1 rings (SSSR count). The Morgan fingerprint density at radius 1 is 1.00 bits per heavy atom. The lowest BCUT2D eigenvalue weighted by Crippen LogP contribution is -2.04. The average Bonchev–Trinajstić information content (AvgIpc) is 2.51. The number of benzene rings is 1. The zero-order valence-corrected chi connectivity index (χ0v) is 16.1. The third kappa shape index (κ3) is 8.37. The van der Waals surface area contributed by atoms with Gasteiger partial charge in [0, 0.05) is 6.07 Å². The Kier molecular flexibility index (Phi) is 8.88. The SMILES string of the molecule is COc1ccc(C(C)=O)c(OCCCCCCCCC(C)(C)C)c1. The van der Waals surface area contributed by atoms with Crippen molar-refractivity contribution < 1.29 is 14.3 Å². The number of unbranched alkanes of at least 4 members (excludes halogenated alkanes) is 5. The molecule has 0 fully saturated rings. The first-order valence-corrected chi connectivity index (χ1v) is 9.15. The number of carbonyl (C=O) groups is 1. The van der Waals surface area contributed by atoms with E-state index in [0.717, 1.165) is 6.42 Å². The Hall–Kier alpha value is -1.51. The van der Waals surface area contributed by atoms with Crippen LogP contribution in [0.3, 0.4) is 0 Å². The predicted molar refractivity (Wildman–Crippen MR) is 100 cm³/mol. The first-order chi connectivity index (χ1) is 11.3. The number of hydrogen-bond acceptors (Lipinski definition) is 3. The van der Waals surface area contributed by atoms with E-state index in [1.54, 1.807) is 32.2 Å². The van der Waals surface area contributed by atoms with Gasteiger partial charge in [-0.3, -0.25) is 4.79 Å². The van der Waals surface area contributed by atoms with Gasteiger partial charge in [-0.05, 0) is 37.3 Å². The molecule has 0 amide bonds. The number of ether oxygens (including phenoxy) is 2. The normalized spacial score (nSPS) is 11.4. The summed E-state index contributed by atoms with van der Waals surface area (Å²) in [5.74, 6) is 1.37. The van der Waals surface area contributed by atoms with E-state index in [4.69, 9.17) is 9.47 Å². The summed E-state index contributed by atoms with van der Waals surface area (Å²) in [6.45, 7) is 9.12. The largest absolute Gasteiger partial charge is 0.497 e. The molecule has 3 nitrogen and oxygen atoms in total. The Labute approximate surface area is 147 Å². The molecule has 0 spiro atoms. The van der Waals surface area contributed by atoms with E-state index in [1.807, 2.05) is 0 Å². The summed E-state index contributed by atoms with van der Waals surface area (Å²) in [4.78, 5) is 11.7. The van der Waals surface area contributed by atoms with Gasteiger partial charge in [0.15, 0.2) is 5.78 Å². The molecule has 0 heterocycles. The quantitative estimate of drug-likeness (QED) is 0.365. The minimum Gasteiger partial charge on any atom is -0.497 e. The van der Waals surface area contributed by atoms with E-state index in [0.29, 0.717) is 29.1 Å². The number of carbonyl (C=O) groups excluding carboxylic acids is 1. The van der Waals surface area contributed by atoms with Crippen molar-refractivity contribution in [2.45, 2.75) is 72.6 Å². The lowest BCUT2D eigenvalue weighted by molar-refractivity contribution is 0.101. The fourth-order valence-electron chi connectivity index (χ4n) is 2.69. The third-order valence-electron chi connectivity index (χ3n) is 4.15. The molecule has 0 atom stereocenters. The molecule has 0 aliphatic rings. The van der Waals surface area contributed by atoms with Gasteiger partial charge in [-0.15, -0.1) is 0 Å². The molecule has 0 unspecified atom stereocenters. The van der Waals surface area contributed by atoms with Crippen molar-refractivity contribution in [3.8, 4) is 11.5 Å². The highest BCUT2D eigenvalue weighted by Gasteiger charge is 2.10. The monoisotopic (exact) mass is 334 g/mol. The molecular weight excluding hydrogens is 300 g/mol. The zero-order chi connectivity index (χ0) is 18.0. The maximum absolute atomic E-state index is 11.7. The Bertz CT molecular complexity index is 500. The standard InChI is InChI=1S/C21H34O3/c1-17(22)19-13-12-18(23-5)16-20(19)24-15-11-9-7-6-8-10-14-21(2,3)4/h12-13,16H,6-11,14-15H2,1-5H3. The van der Waals surface area contributed by atoms with Crippen LogP contribution in [0.25, 0.3) is 0 Å². The van der Waals surface area contributed by atoms with E-state index >= 15 is 0 Å². The smallest absolute Gasteiger partial charge is 0.163 e. The Morgan fingerprint density at radius 2 is 1.62 bits per heavy atom. The van der Waals surface area contributed by atoms with Crippen LogP contribution in [0, 0.1) is 5.41 Å². The van der Waals surface area contributed by atoms with Crippen molar-refractivity contribution in [3.63, 3.8) is 0 Å². The number of rotatable bonds is 11.